The molecular formula is C13H22N4. The zero-order chi connectivity index (χ0) is 12.5. The van der Waals surface area contributed by atoms with Crippen LogP contribution in [-0.2, 0) is 6.42 Å². The summed E-state index contributed by atoms with van der Waals surface area (Å²) in [6, 6.07) is 0. The van der Waals surface area contributed by atoms with Crippen molar-refractivity contribution < 1.29 is 0 Å². The van der Waals surface area contributed by atoms with Crippen molar-refractivity contribution in [1.82, 2.24) is 9.97 Å². The van der Waals surface area contributed by atoms with Crippen LogP contribution in [0.3, 0.4) is 0 Å². The first-order valence-electron chi connectivity index (χ1n) is 6.38. The van der Waals surface area contributed by atoms with Crippen LogP contribution in [0.5, 0.6) is 0 Å². The van der Waals surface area contributed by atoms with E-state index in [1.807, 2.05) is 0 Å². The van der Waals surface area contributed by atoms with E-state index in [1.54, 1.807) is 6.33 Å². The van der Waals surface area contributed by atoms with E-state index in [0.717, 1.165) is 30.9 Å². The molecule has 1 aliphatic heterocycles. The Morgan fingerprint density at radius 2 is 2.18 bits per heavy atom. The minimum absolute atomic E-state index is 0.364. The Bertz CT molecular complexity index is 400. The molecular weight excluding hydrogens is 212 g/mol. The second-order valence-electron chi connectivity index (χ2n) is 5.60. The van der Waals surface area contributed by atoms with E-state index in [0.29, 0.717) is 11.2 Å². The second-order valence-corrected chi connectivity index (χ2v) is 5.60. The molecule has 1 fully saturated rings. The average molecular weight is 234 g/mol. The van der Waals surface area contributed by atoms with Gasteiger partial charge in [0.15, 0.2) is 0 Å². The van der Waals surface area contributed by atoms with Gasteiger partial charge in [-0.15, -0.1) is 0 Å². The Hall–Kier alpha value is -1.32. The first-order chi connectivity index (χ1) is 8.03. The number of nitrogen functional groups attached to an aromatic ring is 1. The van der Waals surface area contributed by atoms with Gasteiger partial charge >= 0.3 is 0 Å². The van der Waals surface area contributed by atoms with Crippen LogP contribution in [-0.4, -0.2) is 23.1 Å². The molecule has 2 rings (SSSR count). The van der Waals surface area contributed by atoms with E-state index >= 15 is 0 Å². The minimum Gasteiger partial charge on any atom is -0.383 e. The summed E-state index contributed by atoms with van der Waals surface area (Å²) in [5.41, 5.74) is 7.38. The van der Waals surface area contributed by atoms with Gasteiger partial charge in [0.1, 0.15) is 18.0 Å². The first kappa shape index (κ1) is 12.1. The van der Waals surface area contributed by atoms with Crippen LogP contribution in [0.15, 0.2) is 6.33 Å². The number of rotatable bonds is 2. The van der Waals surface area contributed by atoms with Crippen LogP contribution >= 0.6 is 0 Å². The van der Waals surface area contributed by atoms with Gasteiger partial charge in [0.05, 0.1) is 0 Å². The van der Waals surface area contributed by atoms with Crippen molar-refractivity contribution in [1.29, 1.82) is 0 Å². The summed E-state index contributed by atoms with van der Waals surface area (Å²) in [7, 11) is 0. The highest BCUT2D eigenvalue weighted by Crippen LogP contribution is 2.32. The van der Waals surface area contributed by atoms with E-state index in [4.69, 9.17) is 5.73 Å². The highest BCUT2D eigenvalue weighted by atomic mass is 15.2. The number of nitrogens with zero attached hydrogens (tertiary/aromatic N) is 3. The van der Waals surface area contributed by atoms with Gasteiger partial charge in [0.25, 0.3) is 0 Å². The number of hydrogen-bond donors (Lipinski definition) is 1. The van der Waals surface area contributed by atoms with Crippen molar-refractivity contribution in [3.8, 4) is 0 Å². The molecule has 2 N–H and O–H groups in total. The van der Waals surface area contributed by atoms with Crippen LogP contribution < -0.4 is 10.6 Å². The largest absolute Gasteiger partial charge is 0.383 e. The third-order valence-corrected chi connectivity index (χ3v) is 3.51. The highest BCUT2D eigenvalue weighted by Gasteiger charge is 2.28. The maximum atomic E-state index is 5.93. The molecule has 0 aliphatic carbocycles. The normalized spacial score (nSPS) is 19.4. The second kappa shape index (κ2) is 4.51. The fourth-order valence-corrected chi connectivity index (χ4v) is 2.63. The first-order valence-corrected chi connectivity index (χ1v) is 6.38. The topological polar surface area (TPSA) is 55.0 Å². The summed E-state index contributed by atoms with van der Waals surface area (Å²) < 4.78 is 0. The molecule has 1 aliphatic rings. The van der Waals surface area contributed by atoms with E-state index in [1.165, 1.54) is 12.8 Å². The molecule has 0 aromatic carbocycles. The fraction of sp³-hybridized carbons (Fsp3) is 0.692. The number of piperidine rings is 1. The molecule has 2 heterocycles. The predicted octanol–water partition coefficient (Wildman–Crippen LogP) is 2.25. The maximum Gasteiger partial charge on any atom is 0.137 e. The number of nitrogens with two attached hydrogens (primary N) is 1. The van der Waals surface area contributed by atoms with Crippen LogP contribution in [0.2, 0.25) is 0 Å². The lowest BCUT2D eigenvalue weighted by molar-refractivity contribution is 0.292. The van der Waals surface area contributed by atoms with Crippen molar-refractivity contribution in [2.45, 2.75) is 40.0 Å². The molecule has 1 aromatic rings. The zero-order valence-corrected chi connectivity index (χ0v) is 11.0. The molecule has 0 atom stereocenters. The molecule has 94 valence electrons. The van der Waals surface area contributed by atoms with Gasteiger partial charge in [-0.1, -0.05) is 20.8 Å². The number of hydrogen-bond acceptors (Lipinski definition) is 4. The molecule has 0 bridgehead atoms. The Morgan fingerprint density at radius 3 is 2.82 bits per heavy atom. The Kier molecular flexibility index (Phi) is 3.22. The molecule has 0 spiro atoms. The number of aromatic nitrogens is 2. The van der Waals surface area contributed by atoms with E-state index in [9.17, 15) is 0 Å². The van der Waals surface area contributed by atoms with Crippen LogP contribution in [0.25, 0.3) is 0 Å². The molecule has 1 aromatic heterocycles. The Balaban J connectivity index is 2.30. The van der Waals surface area contributed by atoms with E-state index in [-0.39, 0.29) is 0 Å². The van der Waals surface area contributed by atoms with Crippen LogP contribution in [0.1, 0.15) is 39.2 Å². The van der Waals surface area contributed by atoms with Gasteiger partial charge in [-0.2, -0.15) is 0 Å². The molecule has 1 saturated heterocycles. The van der Waals surface area contributed by atoms with Gasteiger partial charge < -0.3 is 10.6 Å². The van der Waals surface area contributed by atoms with Gasteiger partial charge in [0, 0.05) is 18.7 Å². The van der Waals surface area contributed by atoms with Crippen LogP contribution in [0, 0.1) is 5.41 Å². The predicted molar refractivity (Wildman–Crippen MR) is 71.1 cm³/mol. The lowest BCUT2D eigenvalue weighted by Crippen LogP contribution is -2.41. The summed E-state index contributed by atoms with van der Waals surface area (Å²) in [5, 5.41) is 0. The summed E-state index contributed by atoms with van der Waals surface area (Å²) in [6.45, 7) is 8.86. The minimum atomic E-state index is 0.364. The SMILES string of the molecule is CCc1c(N)ncnc1N1CCCC(C)(C)C1. The third kappa shape index (κ3) is 2.51. The molecule has 0 unspecified atom stereocenters. The van der Waals surface area contributed by atoms with Crippen molar-refractivity contribution in [3.63, 3.8) is 0 Å². The quantitative estimate of drug-likeness (QED) is 0.852. The fourth-order valence-electron chi connectivity index (χ4n) is 2.63. The average Bonchev–Trinajstić information content (AvgIpc) is 2.27. The maximum absolute atomic E-state index is 5.93. The lowest BCUT2D eigenvalue weighted by Gasteiger charge is -2.39. The van der Waals surface area contributed by atoms with Gasteiger partial charge in [0.2, 0.25) is 0 Å². The van der Waals surface area contributed by atoms with Gasteiger partial charge in [-0.25, -0.2) is 9.97 Å². The monoisotopic (exact) mass is 234 g/mol. The summed E-state index contributed by atoms with van der Waals surface area (Å²) in [4.78, 5) is 10.9. The molecule has 0 amide bonds. The number of anilines is 2. The lowest BCUT2D eigenvalue weighted by atomic mass is 9.84. The summed E-state index contributed by atoms with van der Waals surface area (Å²) in [6.07, 6.45) is 4.97. The summed E-state index contributed by atoms with van der Waals surface area (Å²) in [5.74, 6) is 1.66. The van der Waals surface area contributed by atoms with Crippen molar-refractivity contribution in [2.24, 2.45) is 5.41 Å². The van der Waals surface area contributed by atoms with Crippen molar-refractivity contribution in [3.05, 3.63) is 11.9 Å². The van der Waals surface area contributed by atoms with Gasteiger partial charge in [-0.05, 0) is 24.7 Å². The Labute approximate surface area is 103 Å². The van der Waals surface area contributed by atoms with Gasteiger partial charge in [-0.3, -0.25) is 0 Å². The third-order valence-electron chi connectivity index (χ3n) is 3.51. The van der Waals surface area contributed by atoms with E-state index < -0.39 is 0 Å². The Morgan fingerprint density at radius 1 is 1.41 bits per heavy atom. The van der Waals surface area contributed by atoms with E-state index in [2.05, 4.69) is 35.6 Å². The molecule has 0 radical (unpaired) electrons. The van der Waals surface area contributed by atoms with Crippen LogP contribution in [0.4, 0.5) is 11.6 Å². The van der Waals surface area contributed by atoms with Crippen molar-refractivity contribution in [2.75, 3.05) is 23.7 Å². The molecule has 0 saturated carbocycles. The summed E-state index contributed by atoms with van der Waals surface area (Å²) >= 11 is 0. The zero-order valence-electron chi connectivity index (χ0n) is 11.0. The standard InChI is InChI=1S/C13H22N4/c1-4-10-11(14)15-9-16-12(10)17-7-5-6-13(2,3)8-17/h9H,4-8H2,1-3H3,(H2,14,15,16). The van der Waals surface area contributed by atoms with Crippen molar-refractivity contribution >= 4 is 11.6 Å². The molecule has 4 heteroatoms. The molecule has 4 nitrogen and oxygen atoms in total. The smallest absolute Gasteiger partial charge is 0.137 e. The highest BCUT2D eigenvalue weighted by molar-refractivity contribution is 5.56. The molecule has 17 heavy (non-hydrogen) atoms.